The first kappa shape index (κ1) is 19.0. The van der Waals surface area contributed by atoms with Crippen LogP contribution >= 0.6 is 15.9 Å². The number of carbonyl (C=O) groups is 1. The third kappa shape index (κ3) is 4.68. The Kier molecular flexibility index (Phi) is 6.13. The largest absolute Gasteiger partial charge is 0.494 e. The zero-order valence-electron chi connectivity index (χ0n) is 15.0. The lowest BCUT2D eigenvalue weighted by molar-refractivity contribution is 0.0929. The molecule has 3 aromatic rings. The molecule has 1 N–H and O–H groups in total. The van der Waals surface area contributed by atoms with Gasteiger partial charge in [-0.3, -0.25) is 4.79 Å². The summed E-state index contributed by atoms with van der Waals surface area (Å²) in [7, 11) is 0. The highest BCUT2D eigenvalue weighted by Gasteiger charge is 2.12. The zero-order chi connectivity index (χ0) is 19.2. The molecule has 0 fully saturated rings. The van der Waals surface area contributed by atoms with Gasteiger partial charge in [-0.1, -0.05) is 0 Å². The van der Waals surface area contributed by atoms with Crippen LogP contribution < -0.4 is 14.9 Å². The van der Waals surface area contributed by atoms with Crippen molar-refractivity contribution >= 4 is 39.0 Å². The number of ether oxygens (including phenoxy) is 2. The average Bonchev–Trinajstić information content (AvgIpc) is 3.08. The lowest BCUT2D eigenvalue weighted by atomic mass is 10.2. The SMILES string of the molecule is CCOc1ccc2oc(C(=O)N/N=C/c3ccc(OCC)c(Br)c3)cc2c1. The summed E-state index contributed by atoms with van der Waals surface area (Å²) in [4.78, 5) is 12.2. The summed E-state index contributed by atoms with van der Waals surface area (Å²) in [5, 5.41) is 4.78. The molecule has 0 bridgehead atoms. The fraction of sp³-hybridized carbons (Fsp3) is 0.200. The van der Waals surface area contributed by atoms with Gasteiger partial charge in [-0.2, -0.15) is 5.10 Å². The number of fused-ring (bicyclic) bond motifs is 1. The molecule has 1 heterocycles. The lowest BCUT2D eigenvalue weighted by Gasteiger charge is -2.05. The van der Waals surface area contributed by atoms with E-state index in [4.69, 9.17) is 13.9 Å². The number of hydrogen-bond donors (Lipinski definition) is 1. The number of nitrogens with one attached hydrogen (secondary N) is 1. The molecule has 6 nitrogen and oxygen atoms in total. The Labute approximate surface area is 165 Å². The van der Waals surface area contributed by atoms with Crippen molar-refractivity contribution < 1.29 is 18.7 Å². The molecule has 1 amide bonds. The number of halogens is 1. The number of amides is 1. The Balaban J connectivity index is 1.67. The second-order valence-corrected chi connectivity index (χ2v) is 6.42. The second kappa shape index (κ2) is 8.73. The molecule has 0 aliphatic heterocycles. The van der Waals surface area contributed by atoms with Crippen LogP contribution in [0.4, 0.5) is 0 Å². The standard InChI is InChI=1S/C20H19BrN2O4/c1-3-25-15-6-8-17-14(10-15)11-19(27-17)20(24)23-22-12-13-5-7-18(26-4-2)16(21)9-13/h5-12H,3-4H2,1-2H3,(H,23,24)/b22-12+. The molecule has 7 heteroatoms. The van der Waals surface area contributed by atoms with Gasteiger partial charge in [0.25, 0.3) is 0 Å². The minimum absolute atomic E-state index is 0.184. The van der Waals surface area contributed by atoms with Gasteiger partial charge in [0.2, 0.25) is 0 Å². The van der Waals surface area contributed by atoms with Crippen LogP contribution in [-0.2, 0) is 0 Å². The average molecular weight is 431 g/mol. The molecule has 3 rings (SSSR count). The van der Waals surface area contributed by atoms with Crippen LogP contribution in [-0.4, -0.2) is 25.3 Å². The number of hydrazone groups is 1. The van der Waals surface area contributed by atoms with Gasteiger partial charge in [-0.05, 0) is 77.8 Å². The van der Waals surface area contributed by atoms with Gasteiger partial charge >= 0.3 is 5.91 Å². The maximum atomic E-state index is 12.2. The summed E-state index contributed by atoms with van der Waals surface area (Å²) in [5.74, 6) is 1.25. The monoisotopic (exact) mass is 430 g/mol. The van der Waals surface area contributed by atoms with Crippen LogP contribution in [0.15, 0.2) is 56.5 Å². The molecule has 0 atom stereocenters. The first-order chi connectivity index (χ1) is 13.1. The van der Waals surface area contributed by atoms with Crippen LogP contribution in [0.3, 0.4) is 0 Å². The van der Waals surface area contributed by atoms with Crippen LogP contribution in [0.5, 0.6) is 11.5 Å². The quantitative estimate of drug-likeness (QED) is 0.433. The van der Waals surface area contributed by atoms with Crippen molar-refractivity contribution in [2.75, 3.05) is 13.2 Å². The summed E-state index contributed by atoms with van der Waals surface area (Å²) >= 11 is 3.44. The Morgan fingerprint density at radius 3 is 2.70 bits per heavy atom. The van der Waals surface area contributed by atoms with E-state index < -0.39 is 5.91 Å². The summed E-state index contributed by atoms with van der Waals surface area (Å²) in [6.45, 7) is 5.01. The highest BCUT2D eigenvalue weighted by atomic mass is 79.9. The van der Waals surface area contributed by atoms with Crippen LogP contribution in [0.25, 0.3) is 11.0 Å². The van der Waals surface area contributed by atoms with Gasteiger partial charge < -0.3 is 13.9 Å². The molecule has 1 aromatic heterocycles. The van der Waals surface area contributed by atoms with E-state index >= 15 is 0 Å². The highest BCUT2D eigenvalue weighted by Crippen LogP contribution is 2.26. The number of carbonyl (C=O) groups excluding carboxylic acids is 1. The van der Waals surface area contributed by atoms with E-state index in [0.29, 0.717) is 18.8 Å². The van der Waals surface area contributed by atoms with Crippen molar-refractivity contribution in [3.05, 3.63) is 58.3 Å². The van der Waals surface area contributed by atoms with Gasteiger partial charge in [0.05, 0.1) is 23.9 Å². The van der Waals surface area contributed by atoms with Gasteiger partial charge in [-0.25, -0.2) is 5.43 Å². The first-order valence-corrected chi connectivity index (χ1v) is 9.32. The molecule has 0 radical (unpaired) electrons. The summed E-state index contributed by atoms with van der Waals surface area (Å²) in [6.07, 6.45) is 1.55. The second-order valence-electron chi connectivity index (χ2n) is 5.57. The molecule has 0 aliphatic carbocycles. The van der Waals surface area contributed by atoms with E-state index in [-0.39, 0.29) is 5.76 Å². The number of benzene rings is 2. The van der Waals surface area contributed by atoms with E-state index in [1.54, 1.807) is 24.4 Å². The highest BCUT2D eigenvalue weighted by molar-refractivity contribution is 9.10. The molecule has 27 heavy (non-hydrogen) atoms. The van der Waals surface area contributed by atoms with Crippen LogP contribution in [0.2, 0.25) is 0 Å². The fourth-order valence-corrected chi connectivity index (χ4v) is 2.99. The van der Waals surface area contributed by atoms with Crippen molar-refractivity contribution in [2.45, 2.75) is 13.8 Å². The smallest absolute Gasteiger partial charge is 0.307 e. The van der Waals surface area contributed by atoms with Gasteiger partial charge in [0.15, 0.2) is 5.76 Å². The van der Waals surface area contributed by atoms with Gasteiger partial charge in [0.1, 0.15) is 17.1 Å². The van der Waals surface area contributed by atoms with Crippen molar-refractivity contribution in [1.82, 2.24) is 5.43 Å². The van der Waals surface area contributed by atoms with Gasteiger partial charge in [0, 0.05) is 5.39 Å². The minimum atomic E-state index is -0.426. The summed E-state index contributed by atoms with van der Waals surface area (Å²) in [6, 6.07) is 12.6. The summed E-state index contributed by atoms with van der Waals surface area (Å²) in [5.41, 5.74) is 3.90. The van der Waals surface area contributed by atoms with Gasteiger partial charge in [-0.15, -0.1) is 0 Å². The fourth-order valence-electron chi connectivity index (χ4n) is 2.48. The first-order valence-electron chi connectivity index (χ1n) is 8.53. The van der Waals surface area contributed by atoms with Crippen molar-refractivity contribution in [3.8, 4) is 11.5 Å². The van der Waals surface area contributed by atoms with E-state index in [2.05, 4.69) is 26.5 Å². The lowest BCUT2D eigenvalue weighted by Crippen LogP contribution is -2.16. The maximum absolute atomic E-state index is 12.2. The Morgan fingerprint density at radius 2 is 1.96 bits per heavy atom. The van der Waals surface area contributed by atoms with E-state index in [9.17, 15) is 4.79 Å². The molecule has 0 spiro atoms. The number of nitrogens with zero attached hydrogens (tertiary/aromatic N) is 1. The third-order valence-corrected chi connectivity index (χ3v) is 4.28. The Hall–Kier alpha value is -2.80. The Bertz CT molecular complexity index is 981. The van der Waals surface area contributed by atoms with E-state index in [0.717, 1.165) is 26.9 Å². The Morgan fingerprint density at radius 1 is 1.15 bits per heavy atom. The van der Waals surface area contributed by atoms with E-state index in [1.807, 2.05) is 38.1 Å². The zero-order valence-corrected chi connectivity index (χ0v) is 16.6. The molecule has 2 aromatic carbocycles. The topological polar surface area (TPSA) is 73.1 Å². The number of furan rings is 1. The molecule has 140 valence electrons. The molecule has 0 aliphatic rings. The number of hydrogen-bond acceptors (Lipinski definition) is 5. The van der Waals surface area contributed by atoms with Crippen molar-refractivity contribution in [2.24, 2.45) is 5.10 Å². The summed E-state index contributed by atoms with van der Waals surface area (Å²) < 4.78 is 17.3. The predicted octanol–water partition coefficient (Wildman–Crippen LogP) is 4.76. The van der Waals surface area contributed by atoms with Crippen molar-refractivity contribution in [1.29, 1.82) is 0 Å². The van der Waals surface area contributed by atoms with Crippen LogP contribution in [0, 0.1) is 0 Å². The minimum Gasteiger partial charge on any atom is -0.494 e. The normalized spacial score (nSPS) is 11.1. The predicted molar refractivity (Wildman–Crippen MR) is 108 cm³/mol. The molecule has 0 saturated heterocycles. The molecule has 0 unspecified atom stereocenters. The van der Waals surface area contributed by atoms with Crippen molar-refractivity contribution in [3.63, 3.8) is 0 Å². The maximum Gasteiger partial charge on any atom is 0.307 e. The van der Waals surface area contributed by atoms with E-state index in [1.165, 1.54) is 0 Å². The molecular weight excluding hydrogens is 412 g/mol. The molecule has 0 saturated carbocycles. The molecular formula is C20H19BrN2O4. The van der Waals surface area contributed by atoms with Crippen LogP contribution in [0.1, 0.15) is 30.0 Å². The third-order valence-electron chi connectivity index (χ3n) is 3.66. The number of rotatable bonds is 7.